The molecule has 0 aliphatic rings. The van der Waals surface area contributed by atoms with E-state index in [9.17, 15) is 5.11 Å². The minimum atomic E-state index is 0.244. The van der Waals surface area contributed by atoms with Gasteiger partial charge in [-0.3, -0.25) is 0 Å². The first-order valence-electron chi connectivity index (χ1n) is 5.08. The van der Waals surface area contributed by atoms with Crippen LogP contribution < -0.4 is 4.74 Å². The lowest BCUT2D eigenvalue weighted by molar-refractivity contribution is 0.360. The molecule has 0 spiro atoms. The molecule has 1 N–H and O–H groups in total. The van der Waals surface area contributed by atoms with E-state index in [2.05, 4.69) is 47.8 Å². The molecule has 1 aromatic carbocycles. The van der Waals surface area contributed by atoms with Crippen LogP contribution in [0.5, 0.6) is 11.5 Å². The van der Waals surface area contributed by atoms with Gasteiger partial charge in [-0.2, -0.15) is 0 Å². The Morgan fingerprint density at radius 2 is 2.06 bits per heavy atom. The van der Waals surface area contributed by atoms with Crippen LogP contribution in [0.3, 0.4) is 0 Å². The average Bonchev–Trinajstić information content (AvgIpc) is 2.22. The van der Waals surface area contributed by atoms with Gasteiger partial charge in [0.05, 0.1) is 7.86 Å². The summed E-state index contributed by atoms with van der Waals surface area (Å²) in [6, 6.07) is 3.62. The Bertz CT molecular complexity index is 424. The molecule has 0 fully saturated rings. The lowest BCUT2D eigenvalue weighted by Crippen LogP contribution is -1.96. The number of benzene rings is 1. The van der Waals surface area contributed by atoms with Crippen molar-refractivity contribution in [3.63, 3.8) is 0 Å². The standard InChI is InChI=1S/C12H13Br3O2/c1-7(2)9-5-8(6-10(13)12(9)16)17-4-3-11(14)15/h3,5-7,16H,4H2,1-2H3. The molecule has 94 valence electrons. The third-order valence-corrected chi connectivity index (χ3v) is 3.43. The van der Waals surface area contributed by atoms with Crippen molar-refractivity contribution in [1.29, 1.82) is 0 Å². The maximum atomic E-state index is 9.88. The molecule has 0 heterocycles. The highest BCUT2D eigenvalue weighted by molar-refractivity contribution is 9.28. The van der Waals surface area contributed by atoms with Gasteiger partial charge in [0.15, 0.2) is 0 Å². The van der Waals surface area contributed by atoms with E-state index in [4.69, 9.17) is 4.74 Å². The summed E-state index contributed by atoms with van der Waals surface area (Å²) in [5.41, 5.74) is 0.872. The third kappa shape index (κ3) is 4.64. The zero-order valence-corrected chi connectivity index (χ0v) is 14.3. The van der Waals surface area contributed by atoms with Crippen LogP contribution in [0, 0.1) is 0 Å². The van der Waals surface area contributed by atoms with Crippen molar-refractivity contribution >= 4 is 47.8 Å². The van der Waals surface area contributed by atoms with Crippen LogP contribution in [-0.4, -0.2) is 11.7 Å². The van der Waals surface area contributed by atoms with E-state index in [0.29, 0.717) is 11.1 Å². The van der Waals surface area contributed by atoms with E-state index in [1.807, 2.05) is 26.0 Å². The maximum Gasteiger partial charge on any atom is 0.133 e. The SMILES string of the molecule is CC(C)c1cc(OCC=C(Br)Br)cc(Br)c1O. The number of aromatic hydroxyl groups is 1. The van der Waals surface area contributed by atoms with E-state index in [1.165, 1.54) is 0 Å². The highest BCUT2D eigenvalue weighted by Crippen LogP contribution is 2.36. The fourth-order valence-electron chi connectivity index (χ4n) is 1.32. The lowest BCUT2D eigenvalue weighted by Gasteiger charge is -2.12. The van der Waals surface area contributed by atoms with E-state index in [1.54, 1.807) is 6.07 Å². The van der Waals surface area contributed by atoms with Crippen LogP contribution in [0.1, 0.15) is 25.3 Å². The van der Waals surface area contributed by atoms with Gasteiger partial charge in [0, 0.05) is 5.56 Å². The predicted octanol–water partition coefficient (Wildman–Crippen LogP) is 5.29. The van der Waals surface area contributed by atoms with Gasteiger partial charge < -0.3 is 9.84 Å². The van der Waals surface area contributed by atoms with Gasteiger partial charge in [-0.05, 0) is 71.9 Å². The molecular weight excluding hydrogens is 416 g/mol. The number of hydrogen-bond donors (Lipinski definition) is 1. The molecule has 2 nitrogen and oxygen atoms in total. The Morgan fingerprint density at radius 1 is 1.41 bits per heavy atom. The summed E-state index contributed by atoms with van der Waals surface area (Å²) in [5.74, 6) is 1.26. The van der Waals surface area contributed by atoms with Crippen molar-refractivity contribution in [2.75, 3.05) is 6.61 Å². The minimum Gasteiger partial charge on any atom is -0.506 e. The van der Waals surface area contributed by atoms with E-state index >= 15 is 0 Å². The fourth-order valence-corrected chi connectivity index (χ4v) is 2.04. The second kappa shape index (κ2) is 6.81. The Balaban J connectivity index is 2.91. The van der Waals surface area contributed by atoms with Crippen LogP contribution in [0.4, 0.5) is 0 Å². The number of rotatable bonds is 4. The molecule has 0 amide bonds. The number of halogens is 3. The zero-order valence-electron chi connectivity index (χ0n) is 9.51. The molecule has 1 aromatic rings. The van der Waals surface area contributed by atoms with Gasteiger partial charge in [0.2, 0.25) is 0 Å². The zero-order chi connectivity index (χ0) is 13.0. The van der Waals surface area contributed by atoms with Crippen LogP contribution in [0.2, 0.25) is 0 Å². The number of hydrogen-bond acceptors (Lipinski definition) is 2. The van der Waals surface area contributed by atoms with Gasteiger partial charge in [-0.25, -0.2) is 0 Å². The number of ether oxygens (including phenoxy) is 1. The van der Waals surface area contributed by atoms with E-state index in [0.717, 1.165) is 14.7 Å². The molecule has 0 bridgehead atoms. The van der Waals surface area contributed by atoms with Crippen LogP contribution in [-0.2, 0) is 0 Å². The van der Waals surface area contributed by atoms with Crippen molar-refractivity contribution in [2.45, 2.75) is 19.8 Å². The van der Waals surface area contributed by atoms with Gasteiger partial charge in [-0.15, -0.1) is 0 Å². The normalized spacial score (nSPS) is 10.5. The predicted molar refractivity (Wildman–Crippen MR) is 81.3 cm³/mol. The van der Waals surface area contributed by atoms with Crippen molar-refractivity contribution in [3.05, 3.63) is 31.6 Å². The Labute approximate surface area is 126 Å². The number of phenols is 1. The van der Waals surface area contributed by atoms with Crippen molar-refractivity contribution in [3.8, 4) is 11.5 Å². The monoisotopic (exact) mass is 426 g/mol. The molecular formula is C12H13Br3O2. The summed E-state index contributed by atoms with van der Waals surface area (Å²) >= 11 is 9.84. The Morgan fingerprint density at radius 3 is 2.59 bits per heavy atom. The summed E-state index contributed by atoms with van der Waals surface area (Å²) < 4.78 is 7.07. The summed E-state index contributed by atoms with van der Waals surface area (Å²) in [4.78, 5) is 0. The summed E-state index contributed by atoms with van der Waals surface area (Å²) in [6.45, 7) is 4.51. The average molecular weight is 429 g/mol. The molecule has 17 heavy (non-hydrogen) atoms. The highest BCUT2D eigenvalue weighted by atomic mass is 79.9. The maximum absolute atomic E-state index is 9.88. The fraction of sp³-hybridized carbons (Fsp3) is 0.333. The van der Waals surface area contributed by atoms with Gasteiger partial charge in [-0.1, -0.05) is 13.8 Å². The van der Waals surface area contributed by atoms with E-state index < -0.39 is 0 Å². The molecule has 0 aromatic heterocycles. The van der Waals surface area contributed by atoms with Crippen LogP contribution in [0.25, 0.3) is 0 Å². The molecule has 0 saturated carbocycles. The second-order valence-corrected chi connectivity index (χ2v) is 7.43. The summed E-state index contributed by atoms with van der Waals surface area (Å²) in [7, 11) is 0. The number of phenolic OH excluding ortho intramolecular Hbond substituents is 1. The smallest absolute Gasteiger partial charge is 0.133 e. The van der Waals surface area contributed by atoms with Crippen LogP contribution >= 0.6 is 47.8 Å². The quantitative estimate of drug-likeness (QED) is 0.706. The molecule has 0 unspecified atom stereocenters. The topological polar surface area (TPSA) is 29.5 Å². The summed E-state index contributed by atoms with van der Waals surface area (Å²) in [5, 5.41) is 9.88. The lowest BCUT2D eigenvalue weighted by atomic mass is 10.0. The molecule has 5 heteroatoms. The first-order chi connectivity index (χ1) is 7.91. The van der Waals surface area contributed by atoms with Crippen molar-refractivity contribution < 1.29 is 9.84 Å². The van der Waals surface area contributed by atoms with Crippen LogP contribution in [0.15, 0.2) is 26.1 Å². The molecule has 0 radical (unpaired) electrons. The largest absolute Gasteiger partial charge is 0.506 e. The first-order valence-corrected chi connectivity index (χ1v) is 7.46. The molecule has 0 aliphatic carbocycles. The van der Waals surface area contributed by atoms with Crippen molar-refractivity contribution in [1.82, 2.24) is 0 Å². The highest BCUT2D eigenvalue weighted by Gasteiger charge is 2.11. The molecule has 0 saturated heterocycles. The third-order valence-electron chi connectivity index (χ3n) is 2.18. The Kier molecular flexibility index (Phi) is 6.03. The molecule has 0 atom stereocenters. The van der Waals surface area contributed by atoms with Gasteiger partial charge in [0.25, 0.3) is 0 Å². The second-order valence-electron chi connectivity index (χ2n) is 3.80. The molecule has 0 aliphatic heterocycles. The van der Waals surface area contributed by atoms with Gasteiger partial charge in [0.1, 0.15) is 18.1 Å². The summed E-state index contributed by atoms with van der Waals surface area (Å²) in [6.07, 6.45) is 1.86. The Hall–Kier alpha value is -0.000000000000000167. The van der Waals surface area contributed by atoms with Crippen molar-refractivity contribution in [2.24, 2.45) is 0 Å². The molecule has 1 rings (SSSR count). The minimum absolute atomic E-state index is 0.244. The first kappa shape index (κ1) is 15.1. The van der Waals surface area contributed by atoms with E-state index in [-0.39, 0.29) is 11.7 Å². The van der Waals surface area contributed by atoms with Gasteiger partial charge >= 0.3 is 0 Å².